The zero-order valence-electron chi connectivity index (χ0n) is 14.7. The molecule has 0 bridgehead atoms. The van der Waals surface area contributed by atoms with Crippen molar-refractivity contribution in [2.45, 2.75) is 0 Å². The van der Waals surface area contributed by atoms with Gasteiger partial charge in [0.15, 0.2) is 0 Å². The first kappa shape index (κ1) is 22.3. The lowest BCUT2D eigenvalue weighted by atomic mass is 10.2. The van der Waals surface area contributed by atoms with Crippen LogP contribution in [-0.4, -0.2) is 40.2 Å². The Kier molecular flexibility index (Phi) is 7.16. The number of hydrogen-bond donors (Lipinski definition) is 1. The van der Waals surface area contributed by atoms with Crippen LogP contribution in [0.25, 0.3) is 0 Å². The molecule has 0 spiro atoms. The zero-order valence-corrected chi connectivity index (χ0v) is 17.8. The summed E-state index contributed by atoms with van der Waals surface area (Å²) in [5, 5.41) is 3.06. The van der Waals surface area contributed by atoms with Crippen LogP contribution in [0.4, 0.5) is 11.4 Å². The van der Waals surface area contributed by atoms with Crippen LogP contribution in [-0.2, 0) is 19.6 Å². The number of rotatable bonds is 6. The first-order chi connectivity index (χ1) is 13.0. The molecule has 7 nitrogen and oxygen atoms in total. The average Bonchev–Trinajstić information content (AvgIpc) is 2.60. The maximum atomic E-state index is 12.4. The van der Waals surface area contributed by atoms with E-state index in [4.69, 9.17) is 34.8 Å². The van der Waals surface area contributed by atoms with Crippen molar-refractivity contribution in [2.24, 2.45) is 0 Å². The van der Waals surface area contributed by atoms with E-state index in [1.165, 1.54) is 43.5 Å². The summed E-state index contributed by atoms with van der Waals surface area (Å²) < 4.78 is 29.8. The Bertz CT molecular complexity index is 1030. The Labute approximate surface area is 177 Å². The van der Waals surface area contributed by atoms with Crippen molar-refractivity contribution in [1.29, 1.82) is 0 Å². The van der Waals surface area contributed by atoms with Gasteiger partial charge in [0.1, 0.15) is 6.54 Å². The Morgan fingerprint density at radius 2 is 1.75 bits per heavy atom. The third kappa shape index (κ3) is 5.51. The summed E-state index contributed by atoms with van der Waals surface area (Å²) in [6.07, 6.45) is 0.947. The molecule has 2 aromatic rings. The van der Waals surface area contributed by atoms with Gasteiger partial charge >= 0.3 is 5.97 Å². The molecule has 1 N–H and O–H groups in total. The van der Waals surface area contributed by atoms with Crippen LogP contribution < -0.4 is 9.62 Å². The van der Waals surface area contributed by atoms with E-state index >= 15 is 0 Å². The minimum Gasteiger partial charge on any atom is -0.465 e. The van der Waals surface area contributed by atoms with Gasteiger partial charge in [-0.3, -0.25) is 9.10 Å². The highest BCUT2D eigenvalue weighted by Crippen LogP contribution is 2.30. The summed E-state index contributed by atoms with van der Waals surface area (Å²) >= 11 is 17.8. The molecule has 0 atom stereocenters. The lowest BCUT2D eigenvalue weighted by Gasteiger charge is -2.23. The van der Waals surface area contributed by atoms with Gasteiger partial charge in [-0.2, -0.15) is 0 Å². The second kappa shape index (κ2) is 9.00. The van der Waals surface area contributed by atoms with Crippen LogP contribution in [0.2, 0.25) is 15.1 Å². The molecule has 0 aliphatic carbocycles. The van der Waals surface area contributed by atoms with Crippen molar-refractivity contribution in [1.82, 2.24) is 0 Å². The quantitative estimate of drug-likeness (QED) is 0.654. The lowest BCUT2D eigenvalue weighted by molar-refractivity contribution is -0.114. The molecule has 0 saturated carbocycles. The van der Waals surface area contributed by atoms with Gasteiger partial charge in [0, 0.05) is 10.7 Å². The van der Waals surface area contributed by atoms with E-state index in [-0.39, 0.29) is 27.0 Å². The normalized spacial score (nSPS) is 11.0. The van der Waals surface area contributed by atoms with Gasteiger partial charge in [-0.15, -0.1) is 0 Å². The molecule has 0 unspecified atom stereocenters. The van der Waals surface area contributed by atoms with E-state index in [2.05, 4.69) is 10.1 Å². The molecule has 0 saturated heterocycles. The minimum absolute atomic E-state index is 0.0580. The summed E-state index contributed by atoms with van der Waals surface area (Å²) in [5.74, 6) is -1.33. The van der Waals surface area contributed by atoms with E-state index in [9.17, 15) is 18.0 Å². The molecule has 2 rings (SSSR count). The Hall–Kier alpha value is -2.00. The largest absolute Gasteiger partial charge is 0.465 e. The van der Waals surface area contributed by atoms with Gasteiger partial charge in [-0.1, -0.05) is 34.8 Å². The topological polar surface area (TPSA) is 92.8 Å². The zero-order chi connectivity index (χ0) is 21.1. The van der Waals surface area contributed by atoms with E-state index in [0.29, 0.717) is 5.02 Å². The number of carbonyl (C=O) groups is 2. The molecule has 11 heteroatoms. The molecule has 0 fully saturated rings. The van der Waals surface area contributed by atoms with Crippen LogP contribution in [0.1, 0.15) is 10.4 Å². The van der Waals surface area contributed by atoms with E-state index < -0.39 is 28.4 Å². The van der Waals surface area contributed by atoms with Crippen molar-refractivity contribution in [3.63, 3.8) is 0 Å². The van der Waals surface area contributed by atoms with Gasteiger partial charge in [0.05, 0.1) is 34.7 Å². The number of carbonyl (C=O) groups excluding carboxylic acids is 2. The van der Waals surface area contributed by atoms with Gasteiger partial charge in [-0.25, -0.2) is 13.2 Å². The van der Waals surface area contributed by atoms with Gasteiger partial charge < -0.3 is 10.1 Å². The highest BCUT2D eigenvalue weighted by Gasteiger charge is 2.23. The first-order valence-corrected chi connectivity index (χ1v) is 10.6. The summed E-state index contributed by atoms with van der Waals surface area (Å²) in [7, 11) is -2.63. The Morgan fingerprint density at radius 1 is 1.07 bits per heavy atom. The van der Waals surface area contributed by atoms with Crippen LogP contribution in [0, 0.1) is 0 Å². The number of sulfonamides is 1. The number of esters is 1. The smallest absolute Gasteiger partial charge is 0.339 e. The van der Waals surface area contributed by atoms with E-state index in [0.717, 1.165) is 10.6 Å². The second-order valence-electron chi connectivity index (χ2n) is 5.60. The number of hydrogen-bond acceptors (Lipinski definition) is 5. The molecule has 0 aliphatic rings. The number of ether oxygens (including phenoxy) is 1. The van der Waals surface area contributed by atoms with Gasteiger partial charge in [0.2, 0.25) is 15.9 Å². The molecule has 1 amide bonds. The lowest BCUT2D eigenvalue weighted by Crippen LogP contribution is -2.37. The molecule has 0 aliphatic heterocycles. The van der Waals surface area contributed by atoms with Gasteiger partial charge in [-0.05, 0) is 36.4 Å². The van der Waals surface area contributed by atoms with Crippen LogP contribution in [0.3, 0.4) is 0 Å². The number of halogens is 3. The SMILES string of the molecule is COC(=O)c1cc(NC(=O)CN(c2ccc(Cl)cc2Cl)S(C)(=O)=O)ccc1Cl. The number of methoxy groups -OCH3 is 1. The maximum Gasteiger partial charge on any atom is 0.339 e. The number of nitrogens with zero attached hydrogens (tertiary/aromatic N) is 1. The molecule has 0 radical (unpaired) electrons. The highest BCUT2D eigenvalue weighted by atomic mass is 35.5. The third-order valence-corrected chi connectivity index (χ3v) is 5.52. The summed E-state index contributed by atoms with van der Waals surface area (Å²) in [4.78, 5) is 24.1. The highest BCUT2D eigenvalue weighted by molar-refractivity contribution is 7.92. The third-order valence-electron chi connectivity index (χ3n) is 3.52. The van der Waals surface area contributed by atoms with Crippen molar-refractivity contribution in [2.75, 3.05) is 29.5 Å². The summed E-state index contributed by atoms with van der Waals surface area (Å²) in [6.45, 7) is -0.545. The van der Waals surface area contributed by atoms with Crippen LogP contribution in [0.15, 0.2) is 36.4 Å². The predicted molar refractivity (Wildman–Crippen MR) is 110 cm³/mol. The maximum absolute atomic E-state index is 12.4. The number of benzene rings is 2. The molecule has 2 aromatic carbocycles. The first-order valence-electron chi connectivity index (χ1n) is 7.63. The van der Waals surface area contributed by atoms with E-state index in [1.807, 2.05) is 0 Å². The number of nitrogens with one attached hydrogen (secondary N) is 1. The molecular weight excluding hydrogens is 451 g/mol. The Morgan fingerprint density at radius 3 is 2.32 bits per heavy atom. The second-order valence-corrected chi connectivity index (χ2v) is 8.76. The standard InChI is InChI=1S/C17H15Cl3N2O5S/c1-27-17(24)12-8-11(4-5-13(12)19)21-16(23)9-22(28(2,25)26)15-6-3-10(18)7-14(15)20/h3-8H,9H2,1-2H3,(H,21,23). The van der Waals surface area contributed by atoms with Crippen LogP contribution >= 0.6 is 34.8 Å². The molecule has 28 heavy (non-hydrogen) atoms. The van der Waals surface area contributed by atoms with Crippen molar-refractivity contribution in [3.05, 3.63) is 57.0 Å². The fourth-order valence-corrected chi connectivity index (χ4v) is 3.89. The number of amides is 1. The van der Waals surface area contributed by atoms with Crippen LogP contribution in [0.5, 0.6) is 0 Å². The summed E-state index contributed by atoms with van der Waals surface area (Å²) in [6, 6.07) is 8.43. The number of anilines is 2. The minimum atomic E-state index is -3.82. The molecule has 0 heterocycles. The fourth-order valence-electron chi connectivity index (χ4n) is 2.26. The summed E-state index contributed by atoms with van der Waals surface area (Å²) in [5.41, 5.74) is 0.406. The Balaban J connectivity index is 2.27. The van der Waals surface area contributed by atoms with Crippen molar-refractivity contribution >= 4 is 68.1 Å². The molecular formula is C17H15Cl3N2O5S. The molecule has 150 valence electrons. The molecule has 0 aromatic heterocycles. The monoisotopic (exact) mass is 464 g/mol. The predicted octanol–water partition coefficient (Wildman–Crippen LogP) is 3.84. The van der Waals surface area contributed by atoms with E-state index in [1.54, 1.807) is 0 Å². The average molecular weight is 466 g/mol. The fraction of sp³-hybridized carbons (Fsp3) is 0.176. The van der Waals surface area contributed by atoms with Crippen molar-refractivity contribution < 1.29 is 22.7 Å². The van der Waals surface area contributed by atoms with Crippen molar-refractivity contribution in [3.8, 4) is 0 Å². The van der Waals surface area contributed by atoms with Gasteiger partial charge in [0.25, 0.3) is 0 Å².